The molecule has 7 nitrogen and oxygen atoms in total. The molecule has 0 saturated carbocycles. The lowest BCUT2D eigenvalue weighted by Crippen LogP contribution is -2.58. The van der Waals surface area contributed by atoms with Crippen molar-refractivity contribution in [3.63, 3.8) is 0 Å². The van der Waals surface area contributed by atoms with Gasteiger partial charge < -0.3 is 20.3 Å². The number of anilines is 1. The maximum absolute atomic E-state index is 12.8. The molecule has 0 spiro atoms. The zero-order chi connectivity index (χ0) is 22.6. The van der Waals surface area contributed by atoms with Crippen molar-refractivity contribution in [2.24, 2.45) is 0 Å². The minimum absolute atomic E-state index is 0.0574. The first-order chi connectivity index (χ1) is 15.3. The summed E-state index contributed by atoms with van der Waals surface area (Å²) in [7, 11) is 0. The van der Waals surface area contributed by atoms with Crippen molar-refractivity contribution >= 4 is 12.0 Å². The quantitative estimate of drug-likeness (QED) is 0.733. The van der Waals surface area contributed by atoms with Crippen molar-refractivity contribution in [3.05, 3.63) is 53.9 Å². The summed E-state index contributed by atoms with van der Waals surface area (Å²) in [5, 5.41) is 6.07. The molecule has 0 aliphatic carbocycles. The van der Waals surface area contributed by atoms with E-state index >= 15 is 0 Å². The van der Waals surface area contributed by atoms with Gasteiger partial charge in [-0.05, 0) is 49.4 Å². The van der Waals surface area contributed by atoms with Gasteiger partial charge in [-0.15, -0.1) is 0 Å². The lowest BCUT2D eigenvalue weighted by atomic mass is 9.89. The standard InChI is InChI=1S/C22H26F3N5O2/c23-22(24,25)17-6-4-16(5-7-17)13-21(8-12-32-15-21)29-20(31)28-18-3-1-11-30(14-18)19-26-9-2-10-27-19/h2,4-7,9-10,18H,1,3,8,11-15H2,(H2,28,29,31). The molecule has 2 amide bonds. The van der Waals surface area contributed by atoms with Crippen molar-refractivity contribution in [1.29, 1.82) is 0 Å². The van der Waals surface area contributed by atoms with E-state index in [0.29, 0.717) is 44.1 Å². The maximum Gasteiger partial charge on any atom is 0.416 e. The van der Waals surface area contributed by atoms with Crippen molar-refractivity contribution in [1.82, 2.24) is 20.6 Å². The molecular weight excluding hydrogens is 423 g/mol. The van der Waals surface area contributed by atoms with Gasteiger partial charge in [-0.25, -0.2) is 14.8 Å². The van der Waals surface area contributed by atoms with E-state index in [4.69, 9.17) is 4.74 Å². The number of carbonyl (C=O) groups excluding carboxylic acids is 1. The molecule has 0 radical (unpaired) electrons. The number of aromatic nitrogens is 2. The van der Waals surface area contributed by atoms with Gasteiger partial charge in [0, 0.05) is 38.1 Å². The number of benzene rings is 1. The van der Waals surface area contributed by atoms with E-state index in [9.17, 15) is 18.0 Å². The van der Waals surface area contributed by atoms with Gasteiger partial charge in [-0.3, -0.25) is 0 Å². The minimum atomic E-state index is -4.37. The number of carbonyl (C=O) groups is 1. The second-order valence-electron chi connectivity index (χ2n) is 8.39. The first kappa shape index (κ1) is 22.3. The number of alkyl halides is 3. The Balaban J connectivity index is 1.37. The van der Waals surface area contributed by atoms with Crippen LogP contribution in [-0.4, -0.2) is 53.9 Å². The highest BCUT2D eigenvalue weighted by molar-refractivity contribution is 5.75. The van der Waals surface area contributed by atoms with Gasteiger partial charge in [0.25, 0.3) is 0 Å². The third-order valence-corrected chi connectivity index (χ3v) is 5.90. The number of hydrogen-bond donors (Lipinski definition) is 2. The highest BCUT2D eigenvalue weighted by Crippen LogP contribution is 2.30. The molecule has 2 unspecified atom stereocenters. The largest absolute Gasteiger partial charge is 0.416 e. The first-order valence-corrected chi connectivity index (χ1v) is 10.7. The number of nitrogens with one attached hydrogen (secondary N) is 2. The average Bonchev–Trinajstić information content (AvgIpc) is 3.22. The third kappa shape index (κ3) is 5.48. The molecule has 1 aromatic carbocycles. The summed E-state index contributed by atoms with van der Waals surface area (Å²) >= 11 is 0. The molecule has 2 fully saturated rings. The Morgan fingerprint density at radius 3 is 2.62 bits per heavy atom. The Morgan fingerprint density at radius 1 is 1.22 bits per heavy atom. The van der Waals surface area contributed by atoms with Gasteiger partial charge in [-0.2, -0.15) is 13.2 Å². The van der Waals surface area contributed by atoms with E-state index in [1.807, 2.05) is 4.90 Å². The second-order valence-corrected chi connectivity index (χ2v) is 8.39. The van der Waals surface area contributed by atoms with Crippen LogP contribution in [0, 0.1) is 0 Å². The van der Waals surface area contributed by atoms with Crippen LogP contribution in [0.4, 0.5) is 23.9 Å². The number of hydrogen-bond acceptors (Lipinski definition) is 5. The summed E-state index contributed by atoms with van der Waals surface area (Å²) in [6.07, 6.45) is 1.75. The van der Waals surface area contributed by atoms with Crippen LogP contribution in [0.3, 0.4) is 0 Å². The Morgan fingerprint density at radius 2 is 1.97 bits per heavy atom. The van der Waals surface area contributed by atoms with Gasteiger partial charge in [0.2, 0.25) is 5.95 Å². The fourth-order valence-electron chi connectivity index (χ4n) is 4.29. The molecule has 2 saturated heterocycles. The van der Waals surface area contributed by atoms with E-state index < -0.39 is 17.3 Å². The molecule has 0 bridgehead atoms. The summed E-state index contributed by atoms with van der Waals surface area (Å²) in [6.45, 7) is 2.24. The number of urea groups is 1. The summed E-state index contributed by atoms with van der Waals surface area (Å²) in [5.41, 5.74) is -0.623. The first-order valence-electron chi connectivity index (χ1n) is 10.7. The van der Waals surface area contributed by atoms with Gasteiger partial charge in [0.15, 0.2) is 0 Å². The van der Waals surface area contributed by atoms with E-state index in [0.717, 1.165) is 31.5 Å². The topological polar surface area (TPSA) is 79.4 Å². The van der Waals surface area contributed by atoms with E-state index in [-0.39, 0.29) is 12.1 Å². The number of amides is 2. The average molecular weight is 449 g/mol. The minimum Gasteiger partial charge on any atom is -0.379 e. The summed E-state index contributed by atoms with van der Waals surface area (Å²) in [6, 6.07) is 6.46. The number of nitrogens with zero attached hydrogens (tertiary/aromatic N) is 3. The molecule has 10 heteroatoms. The molecule has 2 aromatic rings. The van der Waals surface area contributed by atoms with Crippen molar-refractivity contribution in [2.75, 3.05) is 31.2 Å². The van der Waals surface area contributed by atoms with Gasteiger partial charge in [0.1, 0.15) is 0 Å². The maximum atomic E-state index is 12.8. The lowest BCUT2D eigenvalue weighted by Gasteiger charge is -2.35. The second kappa shape index (κ2) is 9.32. The Hall–Kier alpha value is -2.88. The van der Waals surface area contributed by atoms with Gasteiger partial charge >= 0.3 is 12.2 Å². The van der Waals surface area contributed by atoms with E-state index in [2.05, 4.69) is 20.6 Å². The smallest absolute Gasteiger partial charge is 0.379 e. The van der Waals surface area contributed by atoms with Gasteiger partial charge in [0.05, 0.1) is 17.7 Å². The highest BCUT2D eigenvalue weighted by atomic mass is 19.4. The molecule has 3 heterocycles. The Kier molecular flexibility index (Phi) is 6.50. The van der Waals surface area contributed by atoms with Crippen LogP contribution in [0.1, 0.15) is 30.4 Å². The van der Waals surface area contributed by atoms with Crippen LogP contribution in [0.25, 0.3) is 0 Å². The summed E-state index contributed by atoms with van der Waals surface area (Å²) in [5.74, 6) is 0.641. The van der Waals surface area contributed by atoms with Crippen LogP contribution >= 0.6 is 0 Å². The molecular formula is C22H26F3N5O2. The monoisotopic (exact) mass is 449 g/mol. The summed E-state index contributed by atoms with van der Waals surface area (Å²) in [4.78, 5) is 23.4. The Labute approximate surface area is 184 Å². The van der Waals surface area contributed by atoms with Crippen molar-refractivity contribution < 1.29 is 22.7 Å². The zero-order valence-corrected chi connectivity index (χ0v) is 17.6. The SMILES string of the molecule is O=C(NC1CCCN(c2ncccn2)C1)NC1(Cc2ccc(C(F)(F)F)cc2)CCOC1. The van der Waals surface area contributed by atoms with Crippen LogP contribution in [-0.2, 0) is 17.3 Å². The molecule has 2 aliphatic rings. The third-order valence-electron chi connectivity index (χ3n) is 5.90. The normalized spacial score (nSPS) is 23.7. The number of ether oxygens (including phenoxy) is 1. The van der Waals surface area contributed by atoms with E-state index in [1.54, 1.807) is 18.5 Å². The van der Waals surface area contributed by atoms with Crippen LogP contribution < -0.4 is 15.5 Å². The molecule has 4 rings (SSSR count). The van der Waals surface area contributed by atoms with Gasteiger partial charge in [-0.1, -0.05) is 12.1 Å². The lowest BCUT2D eigenvalue weighted by molar-refractivity contribution is -0.137. The number of halogens is 3. The fourth-order valence-corrected chi connectivity index (χ4v) is 4.29. The molecule has 172 valence electrons. The van der Waals surface area contributed by atoms with Crippen molar-refractivity contribution in [2.45, 2.75) is 43.4 Å². The van der Waals surface area contributed by atoms with Crippen LogP contribution in [0.5, 0.6) is 0 Å². The molecule has 32 heavy (non-hydrogen) atoms. The van der Waals surface area contributed by atoms with Crippen LogP contribution in [0.15, 0.2) is 42.7 Å². The van der Waals surface area contributed by atoms with Crippen LogP contribution in [0.2, 0.25) is 0 Å². The zero-order valence-electron chi connectivity index (χ0n) is 17.6. The predicted octanol–water partition coefficient (Wildman–Crippen LogP) is 3.17. The predicted molar refractivity (Wildman–Crippen MR) is 112 cm³/mol. The van der Waals surface area contributed by atoms with E-state index in [1.165, 1.54) is 12.1 Å². The molecule has 2 atom stereocenters. The number of piperidine rings is 1. The molecule has 2 N–H and O–H groups in total. The van der Waals surface area contributed by atoms with Crippen molar-refractivity contribution in [3.8, 4) is 0 Å². The molecule has 1 aromatic heterocycles. The highest BCUT2D eigenvalue weighted by Gasteiger charge is 2.38. The Bertz CT molecular complexity index is 902. The summed E-state index contributed by atoms with van der Waals surface area (Å²) < 4.78 is 44.0. The number of rotatable bonds is 5. The fraction of sp³-hybridized carbons (Fsp3) is 0.500. The molecule has 2 aliphatic heterocycles.